The second-order valence-electron chi connectivity index (χ2n) is 6.61. The molecule has 1 aliphatic carbocycles. The molecule has 1 saturated carbocycles. The molecule has 0 amide bonds. The highest BCUT2D eigenvalue weighted by molar-refractivity contribution is 6.31. The number of nitrogens with one attached hydrogen (secondary N) is 1. The van der Waals surface area contributed by atoms with E-state index in [2.05, 4.69) is 41.4 Å². The van der Waals surface area contributed by atoms with E-state index in [9.17, 15) is 0 Å². The van der Waals surface area contributed by atoms with Gasteiger partial charge in [0.2, 0.25) is 0 Å². The van der Waals surface area contributed by atoms with E-state index in [-0.39, 0.29) is 0 Å². The van der Waals surface area contributed by atoms with Gasteiger partial charge >= 0.3 is 0 Å². The van der Waals surface area contributed by atoms with E-state index in [1.807, 2.05) is 18.3 Å². The molecule has 0 bridgehead atoms. The predicted octanol–water partition coefficient (Wildman–Crippen LogP) is 4.28. The van der Waals surface area contributed by atoms with Crippen molar-refractivity contribution in [3.05, 3.63) is 35.5 Å². The maximum atomic E-state index is 6.05. The quantitative estimate of drug-likeness (QED) is 0.892. The lowest BCUT2D eigenvalue weighted by Crippen LogP contribution is -2.27. The number of benzene rings is 1. The first-order chi connectivity index (χ1) is 10.6. The van der Waals surface area contributed by atoms with Gasteiger partial charge in [0.1, 0.15) is 0 Å². The van der Waals surface area contributed by atoms with Crippen LogP contribution in [-0.2, 0) is 0 Å². The summed E-state index contributed by atoms with van der Waals surface area (Å²) in [6, 6.07) is 7.97. The molecule has 1 aliphatic rings. The van der Waals surface area contributed by atoms with E-state index in [1.165, 1.54) is 25.8 Å². The van der Waals surface area contributed by atoms with Crippen molar-refractivity contribution < 1.29 is 0 Å². The topological polar surface area (TPSA) is 28.2 Å². The highest BCUT2D eigenvalue weighted by atomic mass is 35.5. The summed E-state index contributed by atoms with van der Waals surface area (Å²) in [7, 11) is 4.34. The van der Waals surface area contributed by atoms with Crippen LogP contribution in [0.5, 0.6) is 0 Å². The van der Waals surface area contributed by atoms with Crippen molar-refractivity contribution in [1.82, 2.24) is 9.88 Å². The van der Waals surface area contributed by atoms with Crippen molar-refractivity contribution in [2.45, 2.75) is 19.3 Å². The van der Waals surface area contributed by atoms with Crippen LogP contribution in [0, 0.1) is 11.8 Å². The van der Waals surface area contributed by atoms with Gasteiger partial charge < -0.3 is 10.2 Å². The molecule has 0 radical (unpaired) electrons. The summed E-state index contributed by atoms with van der Waals surface area (Å²) in [5.41, 5.74) is 2.12. The Morgan fingerprint density at radius 3 is 2.86 bits per heavy atom. The third-order valence-corrected chi connectivity index (χ3v) is 4.91. The van der Waals surface area contributed by atoms with Gasteiger partial charge in [-0.15, -0.1) is 0 Å². The van der Waals surface area contributed by atoms with Crippen molar-refractivity contribution in [1.29, 1.82) is 0 Å². The van der Waals surface area contributed by atoms with E-state index >= 15 is 0 Å². The molecule has 2 unspecified atom stereocenters. The molecule has 0 spiro atoms. The van der Waals surface area contributed by atoms with Gasteiger partial charge in [-0.3, -0.25) is 4.98 Å². The number of hydrogen-bond acceptors (Lipinski definition) is 3. The second kappa shape index (κ2) is 6.84. The van der Waals surface area contributed by atoms with E-state index < -0.39 is 0 Å². The Bertz CT molecular complexity index is 641. The van der Waals surface area contributed by atoms with Crippen molar-refractivity contribution in [3.63, 3.8) is 0 Å². The summed E-state index contributed by atoms with van der Waals surface area (Å²) in [5.74, 6) is 1.57. The lowest BCUT2D eigenvalue weighted by atomic mass is 9.95. The molecular formula is C18H24ClN3. The number of halogens is 1. The number of fused-ring (bicyclic) bond motifs is 1. The van der Waals surface area contributed by atoms with Crippen molar-refractivity contribution in [3.8, 4) is 0 Å². The van der Waals surface area contributed by atoms with Crippen LogP contribution < -0.4 is 5.32 Å². The number of anilines is 1. The molecule has 22 heavy (non-hydrogen) atoms. The Kier molecular flexibility index (Phi) is 4.84. The zero-order valence-corrected chi connectivity index (χ0v) is 14.1. The second-order valence-corrected chi connectivity index (χ2v) is 7.05. The first-order valence-electron chi connectivity index (χ1n) is 8.06. The van der Waals surface area contributed by atoms with E-state index in [0.717, 1.165) is 40.0 Å². The summed E-state index contributed by atoms with van der Waals surface area (Å²) in [4.78, 5) is 6.72. The fraction of sp³-hybridized carbons (Fsp3) is 0.500. The minimum absolute atomic E-state index is 0.735. The molecule has 1 fully saturated rings. The molecule has 118 valence electrons. The summed E-state index contributed by atoms with van der Waals surface area (Å²) in [5, 5.41) is 5.53. The standard InChI is InChI=1S/C18H24ClN3/c1-22(2)12-14-5-3-4-13(14)11-21-17-8-9-20-18-10-15(19)6-7-16(17)18/h6-10,13-14H,3-5,11-12H2,1-2H3,(H,20,21). The average molecular weight is 318 g/mol. The fourth-order valence-electron chi connectivity index (χ4n) is 3.61. The number of nitrogens with zero attached hydrogens (tertiary/aromatic N) is 2. The summed E-state index contributed by atoms with van der Waals surface area (Å²) in [6.45, 7) is 2.24. The number of rotatable bonds is 5. The summed E-state index contributed by atoms with van der Waals surface area (Å²) >= 11 is 6.05. The highest BCUT2D eigenvalue weighted by Crippen LogP contribution is 2.33. The number of pyridine rings is 1. The van der Waals surface area contributed by atoms with Crippen LogP contribution >= 0.6 is 11.6 Å². The van der Waals surface area contributed by atoms with Crippen molar-refractivity contribution in [2.24, 2.45) is 11.8 Å². The van der Waals surface area contributed by atoms with Gasteiger partial charge in [-0.05, 0) is 63.0 Å². The molecule has 2 atom stereocenters. The molecule has 1 aromatic heterocycles. The Morgan fingerprint density at radius 2 is 2.05 bits per heavy atom. The van der Waals surface area contributed by atoms with Crippen molar-refractivity contribution in [2.75, 3.05) is 32.5 Å². The maximum Gasteiger partial charge on any atom is 0.0737 e. The van der Waals surface area contributed by atoms with Gasteiger partial charge in [0, 0.05) is 35.4 Å². The van der Waals surface area contributed by atoms with Crippen LogP contribution in [0.25, 0.3) is 10.9 Å². The largest absolute Gasteiger partial charge is 0.384 e. The SMILES string of the molecule is CN(C)CC1CCCC1CNc1ccnc2cc(Cl)ccc12. The number of aromatic nitrogens is 1. The van der Waals surface area contributed by atoms with Gasteiger partial charge in [-0.25, -0.2) is 0 Å². The molecule has 1 N–H and O–H groups in total. The molecule has 1 aromatic carbocycles. The van der Waals surface area contributed by atoms with Crippen LogP contribution in [0.2, 0.25) is 5.02 Å². The first kappa shape index (κ1) is 15.6. The van der Waals surface area contributed by atoms with E-state index in [1.54, 1.807) is 0 Å². The normalized spacial score (nSPS) is 21.6. The Balaban J connectivity index is 1.71. The molecular weight excluding hydrogens is 294 g/mol. The van der Waals surface area contributed by atoms with Crippen LogP contribution in [0.15, 0.2) is 30.5 Å². The van der Waals surface area contributed by atoms with Gasteiger partial charge in [0.25, 0.3) is 0 Å². The van der Waals surface area contributed by atoms with Crippen LogP contribution in [0.1, 0.15) is 19.3 Å². The molecule has 0 aliphatic heterocycles. The zero-order valence-electron chi connectivity index (χ0n) is 13.3. The fourth-order valence-corrected chi connectivity index (χ4v) is 3.77. The molecule has 2 aromatic rings. The minimum atomic E-state index is 0.735. The minimum Gasteiger partial charge on any atom is -0.384 e. The van der Waals surface area contributed by atoms with Crippen LogP contribution in [0.4, 0.5) is 5.69 Å². The lowest BCUT2D eigenvalue weighted by Gasteiger charge is -2.24. The molecule has 4 heteroatoms. The van der Waals surface area contributed by atoms with E-state index in [4.69, 9.17) is 11.6 Å². The Labute approximate surface area is 137 Å². The zero-order chi connectivity index (χ0) is 15.5. The molecule has 1 heterocycles. The average Bonchev–Trinajstić information content (AvgIpc) is 2.91. The summed E-state index contributed by atoms with van der Waals surface area (Å²) in [6.07, 6.45) is 5.90. The van der Waals surface area contributed by atoms with Crippen molar-refractivity contribution >= 4 is 28.2 Å². The molecule has 3 nitrogen and oxygen atoms in total. The molecule has 3 rings (SSSR count). The predicted molar refractivity (Wildman–Crippen MR) is 94.6 cm³/mol. The third kappa shape index (κ3) is 3.53. The van der Waals surface area contributed by atoms with Gasteiger partial charge in [0.05, 0.1) is 5.52 Å². The monoisotopic (exact) mass is 317 g/mol. The van der Waals surface area contributed by atoms with Gasteiger partial charge in [-0.2, -0.15) is 0 Å². The smallest absolute Gasteiger partial charge is 0.0737 e. The highest BCUT2D eigenvalue weighted by Gasteiger charge is 2.27. The Morgan fingerprint density at radius 1 is 1.23 bits per heavy atom. The maximum absolute atomic E-state index is 6.05. The lowest BCUT2D eigenvalue weighted by molar-refractivity contribution is 0.281. The molecule has 0 saturated heterocycles. The third-order valence-electron chi connectivity index (χ3n) is 4.68. The number of hydrogen-bond donors (Lipinski definition) is 1. The van der Waals surface area contributed by atoms with Gasteiger partial charge in [0.15, 0.2) is 0 Å². The first-order valence-corrected chi connectivity index (χ1v) is 8.44. The van der Waals surface area contributed by atoms with E-state index in [0.29, 0.717) is 0 Å². The summed E-state index contributed by atoms with van der Waals surface area (Å²) < 4.78 is 0. The van der Waals surface area contributed by atoms with Gasteiger partial charge in [-0.1, -0.05) is 18.0 Å². The Hall–Kier alpha value is -1.32. The van der Waals surface area contributed by atoms with Crippen LogP contribution in [-0.4, -0.2) is 37.1 Å². The van der Waals surface area contributed by atoms with Crippen LogP contribution in [0.3, 0.4) is 0 Å².